The molecule has 0 bridgehead atoms. The molecule has 2 aliphatic heterocycles. The summed E-state index contributed by atoms with van der Waals surface area (Å²) in [5.41, 5.74) is 9.42. The van der Waals surface area contributed by atoms with Crippen LogP contribution in [0.3, 0.4) is 0 Å². The molecule has 0 saturated carbocycles. The van der Waals surface area contributed by atoms with Gasteiger partial charge in [0.05, 0.1) is 12.1 Å². The van der Waals surface area contributed by atoms with Gasteiger partial charge in [-0.25, -0.2) is 4.99 Å². The number of amidine groups is 3. The Morgan fingerprint density at radius 3 is 2.73 bits per heavy atom. The van der Waals surface area contributed by atoms with E-state index in [4.69, 9.17) is 10.7 Å². The van der Waals surface area contributed by atoms with E-state index in [9.17, 15) is 0 Å². The van der Waals surface area contributed by atoms with Crippen LogP contribution in [-0.2, 0) is 6.42 Å². The lowest BCUT2D eigenvalue weighted by molar-refractivity contribution is 0.659. The first-order valence-electron chi connectivity index (χ1n) is 8.24. The lowest BCUT2D eigenvalue weighted by Crippen LogP contribution is -2.47. The van der Waals surface area contributed by atoms with E-state index in [2.05, 4.69) is 50.1 Å². The van der Waals surface area contributed by atoms with Crippen LogP contribution in [0.15, 0.2) is 68.4 Å². The summed E-state index contributed by atoms with van der Waals surface area (Å²) in [5.74, 6) is 2.31. The van der Waals surface area contributed by atoms with Gasteiger partial charge in [0.25, 0.3) is 0 Å². The van der Waals surface area contributed by atoms with Crippen molar-refractivity contribution in [2.75, 3.05) is 6.54 Å². The van der Waals surface area contributed by atoms with Crippen LogP contribution in [-0.4, -0.2) is 29.0 Å². The summed E-state index contributed by atoms with van der Waals surface area (Å²) >= 11 is 3.37. The number of nitrogens with zero attached hydrogens (tertiary/aromatic N) is 4. The van der Waals surface area contributed by atoms with Crippen LogP contribution in [0.4, 0.5) is 5.00 Å². The van der Waals surface area contributed by atoms with Crippen LogP contribution < -0.4 is 5.73 Å². The maximum Gasteiger partial charge on any atom is 0.168 e. The predicted octanol–water partition coefficient (Wildman–Crippen LogP) is 4.10. The number of hydrogen-bond donors (Lipinski definition) is 1. The Morgan fingerprint density at radius 2 is 1.92 bits per heavy atom. The fourth-order valence-corrected chi connectivity index (χ4v) is 4.96. The fraction of sp³-hybridized carbons (Fsp3) is 0.105. The van der Waals surface area contributed by atoms with Crippen molar-refractivity contribution in [3.05, 3.63) is 64.4 Å². The van der Waals surface area contributed by atoms with Crippen molar-refractivity contribution in [3.8, 4) is 10.4 Å². The molecule has 2 N–H and O–H groups in total. The molecule has 0 spiro atoms. The second-order valence-electron chi connectivity index (χ2n) is 6.10. The van der Waals surface area contributed by atoms with Crippen LogP contribution in [0.2, 0.25) is 0 Å². The zero-order valence-electron chi connectivity index (χ0n) is 13.8. The summed E-state index contributed by atoms with van der Waals surface area (Å²) in [6, 6.07) is 14.5. The Bertz CT molecular complexity index is 1050. The first kappa shape index (κ1) is 15.5. The van der Waals surface area contributed by atoms with Crippen LogP contribution >= 0.6 is 22.7 Å². The molecule has 0 radical (unpaired) electrons. The van der Waals surface area contributed by atoms with E-state index in [1.807, 2.05) is 18.2 Å². The molecular formula is C19H15N5S2. The number of thiophene rings is 2. The maximum atomic E-state index is 5.98. The Hall–Kier alpha value is -2.77. The molecule has 128 valence electrons. The monoisotopic (exact) mass is 377 g/mol. The van der Waals surface area contributed by atoms with E-state index < -0.39 is 0 Å². The Labute approximate surface area is 158 Å². The molecule has 7 heteroatoms. The number of rotatable bonds is 3. The number of nitrogens with two attached hydrogens (primary N) is 1. The summed E-state index contributed by atoms with van der Waals surface area (Å²) in [5, 5.41) is 13.8. The van der Waals surface area contributed by atoms with Gasteiger partial charge in [0.1, 0.15) is 16.7 Å². The maximum absolute atomic E-state index is 5.98. The quantitative estimate of drug-likeness (QED) is 0.747. The molecule has 5 rings (SSSR count). The molecule has 2 aromatic heterocycles. The number of hydrogen-bond acceptors (Lipinski definition) is 7. The van der Waals surface area contributed by atoms with Gasteiger partial charge in [-0.1, -0.05) is 36.4 Å². The first-order valence-corrected chi connectivity index (χ1v) is 10.0. The van der Waals surface area contributed by atoms with Crippen molar-refractivity contribution < 1.29 is 0 Å². The molecule has 0 unspecified atom stereocenters. The molecule has 26 heavy (non-hydrogen) atoms. The van der Waals surface area contributed by atoms with Crippen LogP contribution in [0.1, 0.15) is 11.1 Å². The van der Waals surface area contributed by atoms with E-state index in [1.54, 1.807) is 22.7 Å². The molecule has 0 atom stereocenters. The normalized spacial score (nSPS) is 15.7. The van der Waals surface area contributed by atoms with Gasteiger partial charge >= 0.3 is 0 Å². The first-order chi connectivity index (χ1) is 12.8. The third kappa shape index (κ3) is 2.56. The highest BCUT2D eigenvalue weighted by Gasteiger charge is 2.33. The molecule has 0 saturated heterocycles. The van der Waals surface area contributed by atoms with Crippen LogP contribution in [0.5, 0.6) is 0 Å². The Balaban J connectivity index is 1.64. The summed E-state index contributed by atoms with van der Waals surface area (Å²) in [7, 11) is 0. The minimum atomic E-state index is 0.505. The van der Waals surface area contributed by atoms with Gasteiger partial charge in [0.2, 0.25) is 0 Å². The second kappa shape index (κ2) is 6.19. The van der Waals surface area contributed by atoms with E-state index in [0.29, 0.717) is 12.4 Å². The van der Waals surface area contributed by atoms with Gasteiger partial charge in [-0.15, -0.1) is 32.9 Å². The van der Waals surface area contributed by atoms with Crippen molar-refractivity contribution in [2.24, 2.45) is 20.9 Å². The molecule has 4 heterocycles. The topological polar surface area (TPSA) is 66.3 Å². The predicted molar refractivity (Wildman–Crippen MR) is 110 cm³/mol. The number of fused-ring (bicyclic) bond motifs is 3. The average Bonchev–Trinajstić information content (AvgIpc) is 3.32. The van der Waals surface area contributed by atoms with Crippen molar-refractivity contribution in [2.45, 2.75) is 6.42 Å². The molecule has 0 aliphatic carbocycles. The van der Waals surface area contributed by atoms with Crippen molar-refractivity contribution in [3.63, 3.8) is 0 Å². The zero-order chi connectivity index (χ0) is 17.5. The molecule has 2 aliphatic rings. The fourth-order valence-electron chi connectivity index (χ4n) is 3.18. The summed E-state index contributed by atoms with van der Waals surface area (Å²) in [4.78, 5) is 8.28. The number of benzene rings is 1. The summed E-state index contributed by atoms with van der Waals surface area (Å²) < 4.78 is 0. The van der Waals surface area contributed by atoms with Gasteiger partial charge in [-0.3, -0.25) is 0 Å². The minimum absolute atomic E-state index is 0.505. The highest BCUT2D eigenvalue weighted by atomic mass is 32.1. The van der Waals surface area contributed by atoms with E-state index in [-0.39, 0.29) is 0 Å². The molecule has 0 amide bonds. The van der Waals surface area contributed by atoms with Gasteiger partial charge in [0.15, 0.2) is 5.84 Å². The van der Waals surface area contributed by atoms with Crippen LogP contribution in [0.25, 0.3) is 10.4 Å². The lowest BCUT2D eigenvalue weighted by atomic mass is 10.1. The van der Waals surface area contributed by atoms with Crippen molar-refractivity contribution in [1.29, 1.82) is 0 Å². The van der Waals surface area contributed by atoms with E-state index in [0.717, 1.165) is 28.7 Å². The lowest BCUT2D eigenvalue weighted by Gasteiger charge is -2.32. The van der Waals surface area contributed by atoms with Gasteiger partial charge < -0.3 is 10.6 Å². The summed E-state index contributed by atoms with van der Waals surface area (Å²) in [6.07, 6.45) is 0.735. The van der Waals surface area contributed by atoms with Crippen molar-refractivity contribution >= 4 is 45.2 Å². The molecule has 5 nitrogen and oxygen atoms in total. The van der Waals surface area contributed by atoms with E-state index in [1.165, 1.54) is 16.0 Å². The van der Waals surface area contributed by atoms with E-state index >= 15 is 0 Å². The third-order valence-corrected chi connectivity index (χ3v) is 6.15. The van der Waals surface area contributed by atoms with Gasteiger partial charge in [-0.2, -0.15) is 0 Å². The molecular weight excluding hydrogens is 362 g/mol. The van der Waals surface area contributed by atoms with Crippen molar-refractivity contribution in [1.82, 2.24) is 4.90 Å². The highest BCUT2D eigenvalue weighted by molar-refractivity contribution is 7.16. The van der Waals surface area contributed by atoms with Gasteiger partial charge in [0, 0.05) is 22.2 Å². The third-order valence-electron chi connectivity index (χ3n) is 4.38. The largest absolute Gasteiger partial charge is 0.384 e. The Kier molecular flexibility index (Phi) is 3.69. The highest BCUT2D eigenvalue weighted by Crippen LogP contribution is 2.42. The second-order valence-corrected chi connectivity index (χ2v) is 7.90. The van der Waals surface area contributed by atoms with Crippen LogP contribution in [0, 0.1) is 0 Å². The standard InChI is InChI=1S/C19H15N5S2/c20-15-10-24-16(9-12-5-2-1-3-6-12)21-19-17(18(24)23-22-15)13(11-26-19)14-7-4-8-25-14/h1-8,11H,9-10H2,(H2,20,22). The molecule has 1 aromatic carbocycles. The SMILES string of the molecule is NC1=NN=C2c3c(-c4cccs4)csc3N=C(Cc3ccccc3)N2C1. The zero-order valence-corrected chi connectivity index (χ0v) is 15.4. The average molecular weight is 377 g/mol. The number of aliphatic imine (C=N–C) groups is 1. The van der Waals surface area contributed by atoms with Gasteiger partial charge in [-0.05, 0) is 17.0 Å². The Morgan fingerprint density at radius 1 is 1.04 bits per heavy atom. The summed E-state index contributed by atoms with van der Waals surface area (Å²) in [6.45, 7) is 0.518. The minimum Gasteiger partial charge on any atom is -0.384 e. The molecule has 3 aromatic rings. The molecule has 0 fully saturated rings. The smallest absolute Gasteiger partial charge is 0.168 e.